The fraction of sp³-hybridized carbons (Fsp3) is 0.250. The Morgan fingerprint density at radius 1 is 1.13 bits per heavy atom. The van der Waals surface area contributed by atoms with Gasteiger partial charge in [-0.3, -0.25) is 4.68 Å². The van der Waals surface area contributed by atoms with Gasteiger partial charge in [0, 0.05) is 48.5 Å². The fourth-order valence-corrected chi connectivity index (χ4v) is 4.97. The number of rotatable bonds is 6. The molecule has 39 heavy (non-hydrogen) atoms. The van der Waals surface area contributed by atoms with E-state index in [0.29, 0.717) is 29.1 Å². The van der Waals surface area contributed by atoms with E-state index in [9.17, 15) is 13.2 Å². The molecule has 3 aromatic heterocycles. The molecule has 1 saturated carbocycles. The maximum absolute atomic E-state index is 14.4. The maximum atomic E-state index is 14.4. The van der Waals surface area contributed by atoms with Crippen molar-refractivity contribution in [1.82, 2.24) is 29.1 Å². The highest BCUT2D eigenvalue weighted by atomic mass is 19.4. The van der Waals surface area contributed by atoms with Crippen molar-refractivity contribution in [2.45, 2.75) is 32.4 Å². The van der Waals surface area contributed by atoms with Gasteiger partial charge in [0.1, 0.15) is 0 Å². The average molecular weight is 533 g/mol. The van der Waals surface area contributed by atoms with Gasteiger partial charge in [0.05, 0.1) is 40.5 Å². The van der Waals surface area contributed by atoms with E-state index in [2.05, 4.69) is 20.5 Å². The van der Waals surface area contributed by atoms with E-state index in [0.717, 1.165) is 41.8 Å². The SMILES string of the molecule is CCNc1cc(-n2nc(C(F)(F)F)c3c(-n4cnc(-c5cnn(C)c5)c4)cccc32)ccc1C(N)=C1CCC1. The number of hydrogen-bond donors (Lipinski definition) is 2. The molecule has 11 heteroatoms. The van der Waals surface area contributed by atoms with Gasteiger partial charge in [-0.2, -0.15) is 23.4 Å². The Hall–Kier alpha value is -4.54. The largest absolute Gasteiger partial charge is 0.435 e. The van der Waals surface area contributed by atoms with Crippen molar-refractivity contribution in [1.29, 1.82) is 0 Å². The van der Waals surface area contributed by atoms with Crippen molar-refractivity contribution >= 4 is 22.3 Å². The Labute approximate surface area is 222 Å². The number of nitrogens with zero attached hydrogens (tertiary/aromatic N) is 6. The lowest BCUT2D eigenvalue weighted by molar-refractivity contribution is -0.140. The van der Waals surface area contributed by atoms with Gasteiger partial charge in [-0.15, -0.1) is 0 Å². The summed E-state index contributed by atoms with van der Waals surface area (Å²) in [4.78, 5) is 4.40. The number of allylic oxidation sites excluding steroid dienone is 1. The number of nitrogens with two attached hydrogens (primary N) is 1. The Morgan fingerprint density at radius 2 is 1.95 bits per heavy atom. The lowest BCUT2D eigenvalue weighted by Crippen LogP contribution is -2.11. The van der Waals surface area contributed by atoms with Crippen molar-refractivity contribution < 1.29 is 13.2 Å². The minimum atomic E-state index is -4.67. The third kappa shape index (κ3) is 4.33. The number of anilines is 1. The normalized spacial score (nSPS) is 13.6. The Balaban J connectivity index is 1.51. The number of alkyl halides is 3. The molecule has 3 N–H and O–H groups in total. The second kappa shape index (κ2) is 9.33. The topological polar surface area (TPSA) is 91.5 Å². The molecule has 200 valence electrons. The molecule has 0 bridgehead atoms. The third-order valence-corrected chi connectivity index (χ3v) is 7.06. The quantitative estimate of drug-likeness (QED) is 0.284. The summed E-state index contributed by atoms with van der Waals surface area (Å²) >= 11 is 0. The van der Waals surface area contributed by atoms with E-state index in [1.165, 1.54) is 16.6 Å². The summed E-state index contributed by atoms with van der Waals surface area (Å²) in [6.07, 6.45) is 5.04. The monoisotopic (exact) mass is 532 g/mol. The number of benzene rings is 2. The van der Waals surface area contributed by atoms with Crippen LogP contribution < -0.4 is 11.1 Å². The molecule has 0 unspecified atom stereocenters. The summed E-state index contributed by atoms with van der Waals surface area (Å²) in [5.41, 5.74) is 11.6. The zero-order chi connectivity index (χ0) is 27.3. The minimum Gasteiger partial charge on any atom is -0.398 e. The van der Waals surface area contributed by atoms with Gasteiger partial charge in [-0.05, 0) is 62.1 Å². The summed E-state index contributed by atoms with van der Waals surface area (Å²) in [5, 5.41) is 11.6. The van der Waals surface area contributed by atoms with Crippen LogP contribution in [-0.4, -0.2) is 35.7 Å². The zero-order valence-electron chi connectivity index (χ0n) is 21.5. The first kappa shape index (κ1) is 24.8. The number of aryl methyl sites for hydroxylation is 1. The Morgan fingerprint density at radius 3 is 2.62 bits per heavy atom. The number of aromatic nitrogens is 6. The molecule has 0 radical (unpaired) electrons. The van der Waals surface area contributed by atoms with E-state index in [1.54, 1.807) is 59.2 Å². The lowest BCUT2D eigenvalue weighted by atomic mass is 9.88. The van der Waals surface area contributed by atoms with Crippen molar-refractivity contribution in [2.75, 3.05) is 11.9 Å². The van der Waals surface area contributed by atoms with Crippen LogP contribution >= 0.6 is 0 Å². The molecule has 0 amide bonds. The smallest absolute Gasteiger partial charge is 0.398 e. The van der Waals surface area contributed by atoms with Gasteiger partial charge in [-0.1, -0.05) is 6.07 Å². The van der Waals surface area contributed by atoms with Crippen LogP contribution in [0.15, 0.2) is 66.9 Å². The Bertz CT molecular complexity index is 1710. The molecule has 0 saturated heterocycles. The van der Waals surface area contributed by atoms with Crippen LogP contribution in [0.5, 0.6) is 0 Å². The molecular weight excluding hydrogens is 505 g/mol. The molecule has 3 heterocycles. The summed E-state index contributed by atoms with van der Waals surface area (Å²) in [6, 6.07) is 10.4. The Kier molecular flexibility index (Phi) is 5.93. The molecule has 8 nitrogen and oxygen atoms in total. The number of fused-ring (bicyclic) bond motifs is 1. The van der Waals surface area contributed by atoms with Crippen LogP contribution in [0.4, 0.5) is 18.9 Å². The van der Waals surface area contributed by atoms with E-state index < -0.39 is 11.9 Å². The third-order valence-electron chi connectivity index (χ3n) is 7.06. The fourth-order valence-electron chi connectivity index (χ4n) is 4.97. The molecule has 1 aliphatic rings. The van der Waals surface area contributed by atoms with Crippen LogP contribution in [0.2, 0.25) is 0 Å². The highest BCUT2D eigenvalue weighted by molar-refractivity contribution is 5.92. The minimum absolute atomic E-state index is 0.00897. The van der Waals surface area contributed by atoms with Gasteiger partial charge in [0.15, 0.2) is 5.69 Å². The predicted octanol–water partition coefficient (Wildman–Crippen LogP) is 5.92. The molecule has 1 fully saturated rings. The predicted molar refractivity (Wildman–Crippen MR) is 145 cm³/mol. The molecule has 0 atom stereocenters. The zero-order valence-corrected chi connectivity index (χ0v) is 21.5. The van der Waals surface area contributed by atoms with Crippen molar-refractivity contribution in [3.8, 4) is 22.6 Å². The van der Waals surface area contributed by atoms with Crippen LogP contribution in [0.1, 0.15) is 37.4 Å². The molecule has 1 aliphatic carbocycles. The molecule has 5 aromatic rings. The number of halogens is 3. The van der Waals surface area contributed by atoms with E-state index in [4.69, 9.17) is 5.73 Å². The molecule has 0 spiro atoms. The highest BCUT2D eigenvalue weighted by Gasteiger charge is 2.38. The summed E-state index contributed by atoms with van der Waals surface area (Å²) in [7, 11) is 1.79. The molecule has 6 rings (SSSR count). The van der Waals surface area contributed by atoms with Gasteiger partial charge in [0.25, 0.3) is 0 Å². The molecule has 0 aliphatic heterocycles. The lowest BCUT2D eigenvalue weighted by Gasteiger charge is -2.22. The summed E-state index contributed by atoms with van der Waals surface area (Å²) < 4.78 is 47.7. The van der Waals surface area contributed by atoms with Gasteiger partial charge >= 0.3 is 6.18 Å². The molecular formula is C28H27F3N8. The first-order chi connectivity index (χ1) is 18.7. The second-order valence-electron chi connectivity index (χ2n) is 9.63. The van der Waals surface area contributed by atoms with Crippen molar-refractivity contribution in [3.63, 3.8) is 0 Å². The van der Waals surface area contributed by atoms with Gasteiger partial charge < -0.3 is 15.6 Å². The number of hydrogen-bond acceptors (Lipinski definition) is 5. The average Bonchev–Trinajstić information content (AvgIpc) is 3.61. The van der Waals surface area contributed by atoms with Crippen LogP contribution in [0.25, 0.3) is 39.2 Å². The molecule has 2 aromatic carbocycles. The second-order valence-corrected chi connectivity index (χ2v) is 9.63. The standard InChI is InChI=1S/C28H27F3N8/c1-3-33-21-12-19(10-11-20(21)26(32)17-6-4-7-17)39-24-9-5-8-23(25(24)27(36-39)28(29,30)31)38-15-22(34-16-38)18-13-35-37(2)14-18/h5,8-16,33H,3-4,6-7,32H2,1-2H3. The summed E-state index contributed by atoms with van der Waals surface area (Å²) in [6.45, 7) is 2.60. The van der Waals surface area contributed by atoms with Crippen LogP contribution in [0, 0.1) is 0 Å². The highest BCUT2D eigenvalue weighted by Crippen LogP contribution is 2.39. The first-order valence-corrected chi connectivity index (χ1v) is 12.7. The van der Waals surface area contributed by atoms with Crippen LogP contribution in [-0.2, 0) is 13.2 Å². The maximum Gasteiger partial charge on any atom is 0.435 e. The van der Waals surface area contributed by atoms with Crippen molar-refractivity contribution in [2.24, 2.45) is 12.8 Å². The van der Waals surface area contributed by atoms with E-state index >= 15 is 0 Å². The van der Waals surface area contributed by atoms with Crippen LogP contribution in [0.3, 0.4) is 0 Å². The number of nitrogens with one attached hydrogen (secondary N) is 1. The summed E-state index contributed by atoms with van der Waals surface area (Å²) in [5.74, 6) is 0. The number of imidazole rings is 1. The van der Waals surface area contributed by atoms with E-state index in [-0.39, 0.29) is 5.39 Å². The van der Waals surface area contributed by atoms with Gasteiger partial charge in [0.2, 0.25) is 0 Å². The first-order valence-electron chi connectivity index (χ1n) is 12.7. The van der Waals surface area contributed by atoms with Gasteiger partial charge in [-0.25, -0.2) is 9.67 Å². The van der Waals surface area contributed by atoms with E-state index in [1.807, 2.05) is 19.1 Å². The van der Waals surface area contributed by atoms with Crippen molar-refractivity contribution in [3.05, 3.63) is 78.1 Å².